The number of hydrogen-bond acceptors (Lipinski definition) is 0. The Labute approximate surface area is 63.7 Å². The summed E-state index contributed by atoms with van der Waals surface area (Å²) in [5.74, 6) is 0. The molecule has 0 amide bonds. The van der Waals surface area contributed by atoms with Gasteiger partial charge in [-0.15, -0.1) is 0 Å². The first-order chi connectivity index (χ1) is 4.74. The molecule has 0 saturated heterocycles. The predicted octanol–water partition coefficient (Wildman–Crippen LogP) is 1.97. The Bertz CT molecular complexity index is 228. The molecule has 0 unspecified atom stereocenters. The summed E-state index contributed by atoms with van der Waals surface area (Å²) in [6.45, 7) is 4.18. The van der Waals surface area contributed by atoms with E-state index in [1.54, 1.807) is 0 Å². The van der Waals surface area contributed by atoms with Gasteiger partial charge in [-0.25, -0.2) is 0 Å². The molecular weight excluding hydrogens is 119 g/mol. The summed E-state index contributed by atoms with van der Waals surface area (Å²) in [6, 6.07) is 6.34. The fourth-order valence-electron chi connectivity index (χ4n) is 1.07. The normalized spacial score (nSPS) is 9.80. The Morgan fingerprint density at radius 1 is 1.30 bits per heavy atom. The van der Waals surface area contributed by atoms with E-state index in [9.17, 15) is 0 Å². The zero-order chi connectivity index (χ0) is 7.56. The zero-order valence-electron chi connectivity index (χ0n) is 6.52. The molecule has 2 radical (unpaired) electrons. The molecule has 0 bridgehead atoms. The average molecular weight is 130 g/mol. The standard InChI is InChI=1S/C9H11B/c1-7-3-4-9(6-10)8(2)5-7/h3-5H,6H2,1-2H3. The lowest BCUT2D eigenvalue weighted by Crippen LogP contribution is -1.88. The van der Waals surface area contributed by atoms with Crippen molar-refractivity contribution < 1.29 is 0 Å². The highest BCUT2D eigenvalue weighted by molar-refractivity contribution is 6.08. The van der Waals surface area contributed by atoms with Crippen LogP contribution in [0.5, 0.6) is 0 Å². The third-order valence-electron chi connectivity index (χ3n) is 1.72. The SMILES string of the molecule is [B]Cc1ccc(C)cc1C. The van der Waals surface area contributed by atoms with Crippen LogP contribution in [0, 0.1) is 13.8 Å². The van der Waals surface area contributed by atoms with E-state index in [4.69, 9.17) is 7.85 Å². The number of rotatable bonds is 1. The molecule has 1 aromatic rings. The van der Waals surface area contributed by atoms with Gasteiger partial charge in [0.15, 0.2) is 0 Å². The lowest BCUT2D eigenvalue weighted by molar-refractivity contribution is 1.27. The van der Waals surface area contributed by atoms with Gasteiger partial charge in [-0.3, -0.25) is 0 Å². The molecule has 0 fully saturated rings. The monoisotopic (exact) mass is 130 g/mol. The predicted molar refractivity (Wildman–Crippen MR) is 45.4 cm³/mol. The molecular formula is C9H11B. The van der Waals surface area contributed by atoms with Gasteiger partial charge in [-0.2, -0.15) is 0 Å². The lowest BCUT2D eigenvalue weighted by atomic mass is 9.93. The largest absolute Gasteiger partial charge is 0.0716 e. The van der Waals surface area contributed by atoms with Crippen molar-refractivity contribution in [3.8, 4) is 0 Å². The third-order valence-corrected chi connectivity index (χ3v) is 1.72. The van der Waals surface area contributed by atoms with E-state index in [2.05, 4.69) is 32.0 Å². The van der Waals surface area contributed by atoms with Crippen LogP contribution in [0.1, 0.15) is 16.7 Å². The molecule has 0 heterocycles. The number of hydrogen-bond donors (Lipinski definition) is 0. The minimum atomic E-state index is 0.645. The van der Waals surface area contributed by atoms with Crippen LogP contribution in [0.15, 0.2) is 18.2 Å². The molecule has 0 spiro atoms. The molecule has 0 nitrogen and oxygen atoms in total. The van der Waals surface area contributed by atoms with E-state index >= 15 is 0 Å². The maximum Gasteiger partial charge on any atom is 0.0716 e. The Kier molecular flexibility index (Phi) is 2.15. The number of benzene rings is 1. The Morgan fingerprint density at radius 3 is 2.50 bits per heavy atom. The van der Waals surface area contributed by atoms with Gasteiger partial charge >= 0.3 is 0 Å². The quantitative estimate of drug-likeness (QED) is 0.509. The zero-order valence-corrected chi connectivity index (χ0v) is 6.52. The summed E-state index contributed by atoms with van der Waals surface area (Å²) in [6.07, 6.45) is 0.645. The first-order valence-electron chi connectivity index (χ1n) is 3.50. The second-order valence-electron chi connectivity index (χ2n) is 2.63. The van der Waals surface area contributed by atoms with Crippen LogP contribution < -0.4 is 0 Å². The van der Waals surface area contributed by atoms with E-state index in [-0.39, 0.29) is 0 Å². The highest BCUT2D eigenvalue weighted by Gasteiger charge is 1.93. The van der Waals surface area contributed by atoms with Crippen LogP contribution in [0.25, 0.3) is 0 Å². The molecule has 0 aliphatic carbocycles. The van der Waals surface area contributed by atoms with Crippen LogP contribution in [-0.2, 0) is 6.32 Å². The molecule has 1 rings (SSSR count). The Hall–Kier alpha value is -0.715. The van der Waals surface area contributed by atoms with E-state index in [1.807, 2.05) is 0 Å². The minimum Gasteiger partial charge on any atom is -0.0641 e. The van der Waals surface area contributed by atoms with Crippen LogP contribution >= 0.6 is 0 Å². The van der Waals surface area contributed by atoms with Gasteiger partial charge in [0.2, 0.25) is 0 Å². The average Bonchev–Trinajstić information content (AvgIpc) is 1.88. The first-order valence-corrected chi connectivity index (χ1v) is 3.50. The van der Waals surface area contributed by atoms with Crippen LogP contribution in [0.3, 0.4) is 0 Å². The van der Waals surface area contributed by atoms with Crippen molar-refractivity contribution >= 4 is 7.85 Å². The summed E-state index contributed by atoms with van der Waals surface area (Å²) < 4.78 is 0. The Balaban J connectivity index is 3.07. The van der Waals surface area contributed by atoms with Gasteiger partial charge in [0.1, 0.15) is 0 Å². The molecule has 0 aromatic heterocycles. The van der Waals surface area contributed by atoms with Crippen molar-refractivity contribution in [3.05, 3.63) is 34.9 Å². The lowest BCUT2D eigenvalue weighted by Gasteiger charge is -2.02. The van der Waals surface area contributed by atoms with Gasteiger partial charge in [0.25, 0.3) is 0 Å². The van der Waals surface area contributed by atoms with Crippen LogP contribution in [0.4, 0.5) is 0 Å². The molecule has 0 N–H and O–H groups in total. The summed E-state index contributed by atoms with van der Waals surface area (Å²) in [4.78, 5) is 0. The molecule has 1 aromatic carbocycles. The van der Waals surface area contributed by atoms with E-state index in [0.717, 1.165) is 0 Å². The summed E-state index contributed by atoms with van der Waals surface area (Å²) in [5.41, 5.74) is 3.84. The summed E-state index contributed by atoms with van der Waals surface area (Å²) >= 11 is 0. The highest BCUT2D eigenvalue weighted by atomic mass is 14.0. The van der Waals surface area contributed by atoms with Gasteiger partial charge in [-0.1, -0.05) is 35.6 Å². The maximum atomic E-state index is 5.50. The Morgan fingerprint density at radius 2 is 2.00 bits per heavy atom. The van der Waals surface area contributed by atoms with Crippen molar-refractivity contribution in [1.29, 1.82) is 0 Å². The minimum absolute atomic E-state index is 0.645. The van der Waals surface area contributed by atoms with Crippen molar-refractivity contribution in [1.82, 2.24) is 0 Å². The van der Waals surface area contributed by atoms with Crippen LogP contribution in [-0.4, -0.2) is 7.85 Å². The van der Waals surface area contributed by atoms with Gasteiger partial charge < -0.3 is 0 Å². The fraction of sp³-hybridized carbons (Fsp3) is 0.333. The third kappa shape index (κ3) is 1.41. The summed E-state index contributed by atoms with van der Waals surface area (Å²) in [7, 11) is 5.50. The van der Waals surface area contributed by atoms with E-state index in [1.165, 1.54) is 16.7 Å². The fourth-order valence-corrected chi connectivity index (χ4v) is 1.07. The molecule has 50 valence electrons. The second-order valence-corrected chi connectivity index (χ2v) is 2.63. The van der Waals surface area contributed by atoms with Gasteiger partial charge in [0, 0.05) is 0 Å². The van der Waals surface area contributed by atoms with Crippen molar-refractivity contribution in [3.63, 3.8) is 0 Å². The molecule has 10 heavy (non-hydrogen) atoms. The van der Waals surface area contributed by atoms with Gasteiger partial charge in [-0.05, 0) is 19.4 Å². The van der Waals surface area contributed by atoms with E-state index < -0.39 is 0 Å². The van der Waals surface area contributed by atoms with E-state index in [0.29, 0.717) is 6.32 Å². The molecule has 0 aliphatic heterocycles. The van der Waals surface area contributed by atoms with Crippen molar-refractivity contribution in [2.75, 3.05) is 0 Å². The maximum absolute atomic E-state index is 5.50. The second kappa shape index (κ2) is 2.91. The molecule has 0 aliphatic rings. The summed E-state index contributed by atoms with van der Waals surface area (Å²) in [5, 5.41) is 0. The topological polar surface area (TPSA) is 0 Å². The first kappa shape index (κ1) is 7.39. The molecule has 1 heteroatoms. The smallest absolute Gasteiger partial charge is 0.0641 e. The highest BCUT2D eigenvalue weighted by Crippen LogP contribution is 2.09. The van der Waals surface area contributed by atoms with Crippen molar-refractivity contribution in [2.45, 2.75) is 20.2 Å². The van der Waals surface area contributed by atoms with Gasteiger partial charge in [0.05, 0.1) is 7.85 Å². The van der Waals surface area contributed by atoms with Crippen LogP contribution in [0.2, 0.25) is 0 Å². The number of aryl methyl sites for hydroxylation is 2. The molecule has 0 saturated carbocycles. The molecule has 0 atom stereocenters. The van der Waals surface area contributed by atoms with Crippen molar-refractivity contribution in [2.24, 2.45) is 0 Å².